The Bertz CT molecular complexity index is 1320. The van der Waals surface area contributed by atoms with Crippen molar-refractivity contribution in [2.24, 2.45) is 0 Å². The van der Waals surface area contributed by atoms with Crippen molar-refractivity contribution in [2.75, 3.05) is 31.9 Å². The Morgan fingerprint density at radius 1 is 1.00 bits per heavy atom. The summed E-state index contributed by atoms with van der Waals surface area (Å²) in [5.74, 6) is -0.850. The van der Waals surface area contributed by atoms with Crippen molar-refractivity contribution in [1.82, 2.24) is 14.8 Å². The number of halogens is 4. The molecule has 2 saturated heterocycles. The third kappa shape index (κ3) is 6.16. The first kappa shape index (κ1) is 26.9. The first-order valence-corrected chi connectivity index (χ1v) is 13.1. The summed E-state index contributed by atoms with van der Waals surface area (Å²) in [7, 11) is 0. The third-order valence-corrected chi connectivity index (χ3v) is 7.41. The van der Waals surface area contributed by atoms with Crippen LogP contribution in [0.1, 0.15) is 47.2 Å². The molecule has 2 N–H and O–H groups in total. The van der Waals surface area contributed by atoms with Gasteiger partial charge in [0.15, 0.2) is 11.6 Å². The van der Waals surface area contributed by atoms with Crippen LogP contribution in [0.2, 0.25) is 0 Å². The van der Waals surface area contributed by atoms with Crippen LogP contribution in [0, 0.1) is 5.82 Å². The third-order valence-electron chi connectivity index (χ3n) is 7.41. The molecule has 3 heterocycles. The highest BCUT2D eigenvalue weighted by atomic mass is 19.4. The Morgan fingerprint density at radius 3 is 2.46 bits per heavy atom. The SMILES string of the molecule is Nc1ncc(-c2ccc(C(=O)N3CCC[C@@H]3CN3CCCC3)cc2)cc1OCc1ccc(F)cc1C(F)(F)F. The lowest BCUT2D eigenvalue weighted by atomic mass is 10.0. The fourth-order valence-electron chi connectivity index (χ4n) is 5.35. The van der Waals surface area contributed by atoms with E-state index in [1.54, 1.807) is 30.3 Å². The van der Waals surface area contributed by atoms with E-state index in [2.05, 4.69) is 9.88 Å². The lowest BCUT2D eigenvalue weighted by molar-refractivity contribution is -0.138. The van der Waals surface area contributed by atoms with Gasteiger partial charge in [0.25, 0.3) is 5.91 Å². The van der Waals surface area contributed by atoms with Gasteiger partial charge in [-0.1, -0.05) is 18.2 Å². The van der Waals surface area contributed by atoms with E-state index >= 15 is 0 Å². The average molecular weight is 543 g/mol. The summed E-state index contributed by atoms with van der Waals surface area (Å²) in [4.78, 5) is 21.8. The Balaban J connectivity index is 1.28. The molecular weight excluding hydrogens is 512 g/mol. The normalized spacial score (nSPS) is 18.1. The minimum absolute atomic E-state index is 0.0132. The van der Waals surface area contributed by atoms with Gasteiger partial charge in [0.05, 0.1) is 5.56 Å². The van der Waals surface area contributed by atoms with Crippen LogP contribution >= 0.6 is 0 Å². The molecule has 1 atom stereocenters. The molecule has 6 nitrogen and oxygen atoms in total. The Kier molecular flexibility index (Phi) is 7.74. The molecule has 0 unspecified atom stereocenters. The maximum absolute atomic E-state index is 13.4. The van der Waals surface area contributed by atoms with Gasteiger partial charge in [0, 0.05) is 42.0 Å². The van der Waals surface area contributed by atoms with Crippen molar-refractivity contribution in [3.05, 3.63) is 77.2 Å². The van der Waals surface area contributed by atoms with Gasteiger partial charge in [0.1, 0.15) is 12.4 Å². The van der Waals surface area contributed by atoms with Gasteiger partial charge in [-0.15, -0.1) is 0 Å². The number of nitrogens with zero attached hydrogens (tertiary/aromatic N) is 3. The smallest absolute Gasteiger partial charge is 0.416 e. The van der Waals surface area contributed by atoms with Crippen LogP contribution < -0.4 is 10.5 Å². The number of nitrogen functional groups attached to an aromatic ring is 1. The quantitative estimate of drug-likeness (QED) is 0.384. The molecule has 0 spiro atoms. The number of aromatic nitrogens is 1. The van der Waals surface area contributed by atoms with E-state index in [9.17, 15) is 22.4 Å². The number of anilines is 1. The number of amides is 1. The van der Waals surface area contributed by atoms with Gasteiger partial charge < -0.3 is 20.3 Å². The predicted octanol–water partition coefficient (Wildman–Crippen LogP) is 5.77. The molecule has 10 heteroatoms. The largest absolute Gasteiger partial charge is 0.485 e. The minimum atomic E-state index is -4.73. The van der Waals surface area contributed by atoms with Crippen molar-refractivity contribution < 1.29 is 27.1 Å². The van der Waals surface area contributed by atoms with Crippen LogP contribution in [0.4, 0.5) is 23.4 Å². The Morgan fingerprint density at radius 2 is 1.74 bits per heavy atom. The zero-order valence-corrected chi connectivity index (χ0v) is 21.4. The predicted molar refractivity (Wildman–Crippen MR) is 140 cm³/mol. The van der Waals surface area contributed by atoms with Crippen molar-refractivity contribution in [3.63, 3.8) is 0 Å². The number of pyridine rings is 1. The van der Waals surface area contributed by atoms with Gasteiger partial charge in [-0.2, -0.15) is 13.2 Å². The lowest BCUT2D eigenvalue weighted by Gasteiger charge is -2.28. The second-order valence-electron chi connectivity index (χ2n) is 10.1. The lowest BCUT2D eigenvalue weighted by Crippen LogP contribution is -2.42. The molecule has 3 aromatic rings. The number of carbonyl (C=O) groups is 1. The fourth-order valence-corrected chi connectivity index (χ4v) is 5.35. The highest BCUT2D eigenvalue weighted by Gasteiger charge is 2.34. The zero-order chi connectivity index (χ0) is 27.6. The summed E-state index contributed by atoms with van der Waals surface area (Å²) in [6.07, 6.45) is 1.26. The summed E-state index contributed by atoms with van der Waals surface area (Å²) in [5.41, 5.74) is 6.56. The highest BCUT2D eigenvalue weighted by Crippen LogP contribution is 2.34. The maximum Gasteiger partial charge on any atom is 0.416 e. The number of alkyl halides is 3. The van der Waals surface area contributed by atoms with Crippen molar-refractivity contribution in [2.45, 2.75) is 44.5 Å². The topological polar surface area (TPSA) is 71.7 Å². The number of nitrogens with two attached hydrogens (primary N) is 1. The molecule has 0 aliphatic carbocycles. The van der Waals surface area contributed by atoms with Crippen LogP contribution in [-0.2, 0) is 12.8 Å². The minimum Gasteiger partial charge on any atom is -0.485 e. The molecule has 0 bridgehead atoms. The van der Waals surface area contributed by atoms with Gasteiger partial charge in [-0.25, -0.2) is 9.37 Å². The fraction of sp³-hybridized carbons (Fsp3) is 0.379. The molecule has 2 aliphatic rings. The van der Waals surface area contributed by atoms with E-state index in [1.807, 2.05) is 4.90 Å². The molecule has 0 saturated carbocycles. The molecule has 1 aromatic heterocycles. The van der Waals surface area contributed by atoms with Gasteiger partial charge in [-0.3, -0.25) is 4.79 Å². The zero-order valence-electron chi connectivity index (χ0n) is 21.4. The standard InChI is InChI=1S/C29H30F4N4O2/c30-23-10-9-21(25(15-23)29(31,32)33)18-39-26-14-22(16-35-27(26)34)19-5-7-20(8-6-19)28(38)37-13-3-4-24(37)17-36-11-1-2-12-36/h5-10,14-16,24H,1-4,11-13,17-18H2,(H2,34,35)/t24-/m1/s1. The first-order chi connectivity index (χ1) is 18.7. The van der Waals surface area contributed by atoms with Crippen LogP contribution in [-0.4, -0.2) is 52.9 Å². The Hall–Kier alpha value is -3.66. The second-order valence-corrected chi connectivity index (χ2v) is 10.1. The van der Waals surface area contributed by atoms with E-state index in [-0.39, 0.29) is 29.1 Å². The summed E-state index contributed by atoms with van der Waals surface area (Å²) in [6, 6.07) is 11.4. The van der Waals surface area contributed by atoms with Crippen LogP contribution in [0.25, 0.3) is 11.1 Å². The molecule has 1 amide bonds. The van der Waals surface area contributed by atoms with Gasteiger partial charge in [-0.05, 0) is 74.7 Å². The van der Waals surface area contributed by atoms with E-state index < -0.39 is 24.2 Å². The molecule has 2 aliphatic heterocycles. The van der Waals surface area contributed by atoms with E-state index in [0.717, 1.165) is 56.7 Å². The molecule has 206 valence electrons. The molecule has 39 heavy (non-hydrogen) atoms. The van der Waals surface area contributed by atoms with Crippen LogP contribution in [0.15, 0.2) is 54.7 Å². The van der Waals surface area contributed by atoms with Crippen LogP contribution in [0.3, 0.4) is 0 Å². The number of likely N-dealkylation sites (tertiary alicyclic amines) is 2. The van der Waals surface area contributed by atoms with Crippen molar-refractivity contribution in [3.8, 4) is 16.9 Å². The number of ether oxygens (including phenoxy) is 1. The van der Waals surface area contributed by atoms with E-state index in [4.69, 9.17) is 10.5 Å². The number of carbonyl (C=O) groups excluding carboxylic acids is 1. The van der Waals surface area contributed by atoms with E-state index in [1.165, 1.54) is 19.0 Å². The van der Waals surface area contributed by atoms with Gasteiger partial charge >= 0.3 is 6.18 Å². The highest BCUT2D eigenvalue weighted by molar-refractivity contribution is 5.95. The van der Waals surface area contributed by atoms with Crippen molar-refractivity contribution in [1.29, 1.82) is 0 Å². The van der Waals surface area contributed by atoms with Crippen LogP contribution in [0.5, 0.6) is 5.75 Å². The molecular formula is C29H30F4N4O2. The first-order valence-electron chi connectivity index (χ1n) is 13.1. The Labute approximate surface area is 224 Å². The number of hydrogen-bond donors (Lipinski definition) is 1. The number of hydrogen-bond acceptors (Lipinski definition) is 5. The summed E-state index contributed by atoms with van der Waals surface area (Å²) in [5, 5.41) is 0. The van der Waals surface area contributed by atoms with E-state index in [0.29, 0.717) is 17.2 Å². The molecule has 2 aromatic carbocycles. The van der Waals surface area contributed by atoms with Gasteiger partial charge in [0.2, 0.25) is 0 Å². The average Bonchev–Trinajstić information content (AvgIpc) is 3.60. The maximum atomic E-state index is 13.4. The monoisotopic (exact) mass is 542 g/mol. The summed E-state index contributed by atoms with van der Waals surface area (Å²) >= 11 is 0. The molecule has 0 radical (unpaired) electrons. The second kappa shape index (κ2) is 11.2. The number of benzene rings is 2. The summed E-state index contributed by atoms with van der Waals surface area (Å²) in [6.45, 7) is 3.41. The molecule has 5 rings (SSSR count). The number of rotatable bonds is 7. The molecule has 2 fully saturated rings. The van der Waals surface area contributed by atoms with Crippen molar-refractivity contribution >= 4 is 11.7 Å². The summed E-state index contributed by atoms with van der Waals surface area (Å²) < 4.78 is 59.0.